The number of aromatic nitrogens is 2. The predicted octanol–water partition coefficient (Wildman–Crippen LogP) is 4.11. The smallest absolute Gasteiger partial charge is 0.223 e. The second kappa shape index (κ2) is 10.2. The van der Waals surface area contributed by atoms with Crippen LogP contribution < -0.4 is 5.32 Å². The summed E-state index contributed by atoms with van der Waals surface area (Å²) in [5.41, 5.74) is 1.76. The summed E-state index contributed by atoms with van der Waals surface area (Å²) in [7, 11) is 0. The summed E-state index contributed by atoms with van der Waals surface area (Å²) in [6, 6.07) is 6.39. The minimum atomic E-state index is -0.251. The Morgan fingerprint density at radius 2 is 2.00 bits per heavy atom. The van der Waals surface area contributed by atoms with E-state index in [0.29, 0.717) is 12.3 Å². The van der Waals surface area contributed by atoms with Crippen LogP contribution >= 0.6 is 24.8 Å². The van der Waals surface area contributed by atoms with E-state index in [2.05, 4.69) is 15.3 Å². The lowest BCUT2D eigenvalue weighted by Crippen LogP contribution is -2.31. The molecule has 3 heterocycles. The van der Waals surface area contributed by atoms with Crippen molar-refractivity contribution in [1.29, 1.82) is 0 Å². The predicted molar refractivity (Wildman–Crippen MR) is 112 cm³/mol. The lowest BCUT2D eigenvalue weighted by Gasteiger charge is -2.24. The summed E-state index contributed by atoms with van der Waals surface area (Å²) in [5.74, 6) is 1.45. The summed E-state index contributed by atoms with van der Waals surface area (Å²) in [6.07, 6.45) is 6.48. The van der Waals surface area contributed by atoms with Crippen molar-refractivity contribution < 1.29 is 9.18 Å². The first-order chi connectivity index (χ1) is 12.7. The molecule has 2 aliphatic heterocycles. The largest absolute Gasteiger partial charge is 0.340 e. The first-order valence-corrected chi connectivity index (χ1v) is 9.52. The molecule has 0 bridgehead atoms. The third-order valence-corrected chi connectivity index (χ3v) is 5.57. The van der Waals surface area contributed by atoms with E-state index in [-0.39, 0.29) is 42.6 Å². The van der Waals surface area contributed by atoms with Gasteiger partial charge in [-0.2, -0.15) is 0 Å². The number of hydrogen-bond donors (Lipinski definition) is 2. The molecule has 2 atom stereocenters. The van der Waals surface area contributed by atoms with Gasteiger partial charge in [0.05, 0.1) is 17.9 Å². The fraction of sp³-hybridized carbons (Fsp3) is 0.500. The summed E-state index contributed by atoms with van der Waals surface area (Å²) < 4.78 is 13.1. The Morgan fingerprint density at radius 3 is 2.71 bits per heavy atom. The Labute approximate surface area is 177 Å². The van der Waals surface area contributed by atoms with E-state index >= 15 is 0 Å². The second-order valence-corrected chi connectivity index (χ2v) is 7.33. The fourth-order valence-electron chi connectivity index (χ4n) is 4.06. The number of amides is 1. The van der Waals surface area contributed by atoms with E-state index in [9.17, 15) is 9.18 Å². The number of carbonyl (C=O) groups excluding carboxylic acids is 1. The molecule has 0 aliphatic carbocycles. The molecule has 1 aromatic carbocycles. The van der Waals surface area contributed by atoms with Crippen molar-refractivity contribution >= 4 is 30.7 Å². The van der Waals surface area contributed by atoms with E-state index < -0.39 is 0 Å². The third-order valence-electron chi connectivity index (χ3n) is 5.57. The van der Waals surface area contributed by atoms with Gasteiger partial charge in [0.2, 0.25) is 5.91 Å². The summed E-state index contributed by atoms with van der Waals surface area (Å²) in [4.78, 5) is 22.6. The van der Waals surface area contributed by atoms with Crippen LogP contribution in [0, 0.1) is 11.7 Å². The molecule has 2 fully saturated rings. The van der Waals surface area contributed by atoms with Gasteiger partial charge in [-0.3, -0.25) is 4.79 Å². The monoisotopic (exact) mass is 428 g/mol. The molecule has 2 unspecified atom stereocenters. The molecule has 0 saturated carbocycles. The van der Waals surface area contributed by atoms with Gasteiger partial charge in [-0.25, -0.2) is 9.37 Å². The molecule has 0 radical (unpaired) electrons. The number of benzene rings is 1. The number of rotatable bonds is 5. The number of nitrogens with zero attached hydrogens (tertiary/aromatic N) is 2. The molecule has 2 N–H and O–H groups in total. The van der Waals surface area contributed by atoms with E-state index in [1.54, 1.807) is 18.3 Å². The normalized spacial score (nSPS) is 21.2. The lowest BCUT2D eigenvalue weighted by atomic mass is 10.0. The van der Waals surface area contributed by atoms with Crippen LogP contribution in [0.25, 0.3) is 11.3 Å². The Hall–Kier alpha value is -1.63. The fourth-order valence-corrected chi connectivity index (χ4v) is 4.06. The second-order valence-electron chi connectivity index (χ2n) is 7.33. The molecule has 8 heteroatoms. The minimum Gasteiger partial charge on any atom is -0.340 e. The maximum Gasteiger partial charge on any atom is 0.223 e. The number of carbonyl (C=O) groups is 1. The topological polar surface area (TPSA) is 61.0 Å². The zero-order valence-corrected chi connectivity index (χ0v) is 17.3. The number of imidazole rings is 1. The van der Waals surface area contributed by atoms with Gasteiger partial charge in [0.1, 0.15) is 11.6 Å². The SMILES string of the molecule is Cl.Cl.O=C(CCC1CCNC1)N1CCCC1c1ncc(-c2ccc(F)cc2)[nH]1. The average Bonchev–Trinajstić information content (AvgIpc) is 3.40. The standard InChI is InChI=1S/C20H25FN4O.2ClH/c21-16-6-4-15(5-7-16)17-13-23-20(24-17)18-2-1-11-25(18)19(26)8-3-14-9-10-22-12-14;;/h4-7,13-14,18,22H,1-3,8-12H2,(H,23,24);2*1H. The Kier molecular flexibility index (Phi) is 8.28. The van der Waals surface area contributed by atoms with Crippen molar-refractivity contribution in [2.24, 2.45) is 5.92 Å². The highest BCUT2D eigenvalue weighted by atomic mass is 35.5. The maximum absolute atomic E-state index is 13.1. The van der Waals surface area contributed by atoms with Crippen molar-refractivity contribution in [1.82, 2.24) is 20.2 Å². The van der Waals surface area contributed by atoms with Gasteiger partial charge < -0.3 is 15.2 Å². The van der Waals surface area contributed by atoms with Crippen molar-refractivity contribution in [2.45, 2.75) is 38.1 Å². The summed E-state index contributed by atoms with van der Waals surface area (Å²) >= 11 is 0. The van der Waals surface area contributed by atoms with Crippen LogP contribution in [0.2, 0.25) is 0 Å². The number of H-pyrrole nitrogens is 1. The van der Waals surface area contributed by atoms with Gasteiger partial charge in [0.15, 0.2) is 0 Å². The summed E-state index contributed by atoms with van der Waals surface area (Å²) in [6.45, 7) is 2.92. The van der Waals surface area contributed by atoms with Gasteiger partial charge >= 0.3 is 0 Å². The molecule has 154 valence electrons. The van der Waals surface area contributed by atoms with Crippen LogP contribution in [0.1, 0.15) is 44.0 Å². The molecule has 1 aromatic heterocycles. The Morgan fingerprint density at radius 1 is 1.21 bits per heavy atom. The van der Waals surface area contributed by atoms with Gasteiger partial charge in [-0.1, -0.05) is 0 Å². The zero-order valence-electron chi connectivity index (χ0n) is 15.7. The van der Waals surface area contributed by atoms with Crippen molar-refractivity contribution in [2.75, 3.05) is 19.6 Å². The first-order valence-electron chi connectivity index (χ1n) is 9.52. The lowest BCUT2D eigenvalue weighted by molar-refractivity contribution is -0.132. The van der Waals surface area contributed by atoms with Crippen LogP contribution in [0.3, 0.4) is 0 Å². The van der Waals surface area contributed by atoms with Crippen molar-refractivity contribution in [3.63, 3.8) is 0 Å². The molecular formula is C20H27Cl2FN4O. The maximum atomic E-state index is 13.1. The molecule has 5 nitrogen and oxygen atoms in total. The van der Waals surface area contributed by atoms with Gasteiger partial charge in [-0.15, -0.1) is 24.8 Å². The highest BCUT2D eigenvalue weighted by molar-refractivity contribution is 5.85. The van der Waals surface area contributed by atoms with Crippen molar-refractivity contribution in [3.05, 3.63) is 42.1 Å². The van der Waals surface area contributed by atoms with Gasteiger partial charge in [0.25, 0.3) is 0 Å². The van der Waals surface area contributed by atoms with E-state index in [1.807, 2.05) is 4.90 Å². The van der Waals surface area contributed by atoms with Crippen LogP contribution in [0.15, 0.2) is 30.5 Å². The molecule has 28 heavy (non-hydrogen) atoms. The third kappa shape index (κ3) is 5.04. The van der Waals surface area contributed by atoms with E-state index in [1.165, 1.54) is 18.6 Å². The Bertz CT molecular complexity index is 762. The number of likely N-dealkylation sites (tertiary alicyclic amines) is 1. The number of nitrogens with one attached hydrogen (secondary N) is 2. The first kappa shape index (κ1) is 22.7. The van der Waals surface area contributed by atoms with Crippen LogP contribution in [0.4, 0.5) is 4.39 Å². The quantitative estimate of drug-likeness (QED) is 0.752. The van der Waals surface area contributed by atoms with Crippen LogP contribution in [-0.2, 0) is 4.79 Å². The van der Waals surface area contributed by atoms with Crippen LogP contribution in [0.5, 0.6) is 0 Å². The van der Waals surface area contributed by atoms with Gasteiger partial charge in [0, 0.05) is 13.0 Å². The molecule has 2 saturated heterocycles. The number of halogens is 3. The van der Waals surface area contributed by atoms with Gasteiger partial charge in [-0.05, 0) is 74.5 Å². The molecule has 4 rings (SSSR count). The number of aromatic amines is 1. The molecular weight excluding hydrogens is 402 g/mol. The molecule has 1 amide bonds. The molecule has 0 spiro atoms. The zero-order chi connectivity index (χ0) is 17.9. The molecule has 2 aromatic rings. The highest BCUT2D eigenvalue weighted by Crippen LogP contribution is 2.32. The van der Waals surface area contributed by atoms with Crippen molar-refractivity contribution in [3.8, 4) is 11.3 Å². The minimum absolute atomic E-state index is 0. The van der Waals surface area contributed by atoms with E-state index in [0.717, 1.165) is 56.0 Å². The molecule has 2 aliphatic rings. The van der Waals surface area contributed by atoms with Crippen LogP contribution in [-0.4, -0.2) is 40.4 Å². The average molecular weight is 429 g/mol. The summed E-state index contributed by atoms with van der Waals surface area (Å²) in [5, 5.41) is 3.36. The Balaban J connectivity index is 0.00000140. The highest BCUT2D eigenvalue weighted by Gasteiger charge is 2.32. The number of hydrogen-bond acceptors (Lipinski definition) is 3. The van der Waals surface area contributed by atoms with E-state index in [4.69, 9.17) is 0 Å².